The van der Waals surface area contributed by atoms with Crippen molar-refractivity contribution in [2.75, 3.05) is 45.9 Å². The van der Waals surface area contributed by atoms with Crippen LogP contribution in [0.3, 0.4) is 0 Å². The van der Waals surface area contributed by atoms with Crippen molar-refractivity contribution in [3.8, 4) is 5.75 Å². The minimum atomic E-state index is -0.382. The molecule has 1 aromatic carbocycles. The van der Waals surface area contributed by atoms with Gasteiger partial charge in [-0.15, -0.1) is 0 Å². The normalized spacial score (nSPS) is 29.0. The molecular weight excluding hydrogens is 430 g/mol. The molecule has 7 nitrogen and oxygen atoms in total. The molecule has 2 bridgehead atoms. The van der Waals surface area contributed by atoms with Gasteiger partial charge in [-0.1, -0.05) is 18.2 Å². The molecule has 186 valence electrons. The van der Waals surface area contributed by atoms with Crippen LogP contribution in [0.25, 0.3) is 0 Å². The second-order valence-corrected chi connectivity index (χ2v) is 10.8. The molecule has 3 aliphatic heterocycles. The molecule has 3 heterocycles. The maximum absolute atomic E-state index is 13.4. The van der Waals surface area contributed by atoms with E-state index in [1.165, 1.54) is 12.8 Å². The summed E-state index contributed by atoms with van der Waals surface area (Å²) in [6.45, 7) is 5.42. The largest absolute Gasteiger partial charge is 0.493 e. The molecule has 34 heavy (non-hydrogen) atoms. The van der Waals surface area contributed by atoms with Crippen LogP contribution in [-0.4, -0.2) is 83.6 Å². The van der Waals surface area contributed by atoms with Crippen LogP contribution in [0, 0.1) is 17.8 Å². The first-order valence-electron chi connectivity index (χ1n) is 13.2. The minimum absolute atomic E-state index is 0.157. The summed E-state index contributed by atoms with van der Waals surface area (Å²) < 4.78 is 6.22. The van der Waals surface area contributed by atoms with Crippen molar-refractivity contribution in [2.45, 2.75) is 57.6 Å². The molecule has 7 heteroatoms. The Morgan fingerprint density at radius 3 is 2.68 bits per heavy atom. The van der Waals surface area contributed by atoms with Gasteiger partial charge in [0, 0.05) is 51.3 Å². The lowest BCUT2D eigenvalue weighted by Crippen LogP contribution is -2.48. The van der Waals surface area contributed by atoms with E-state index in [1.807, 2.05) is 17.0 Å². The summed E-state index contributed by atoms with van der Waals surface area (Å²) in [5.74, 6) is 2.61. The standard InChI is InChI=1S/C27H39N3O4/c31-24-10-12-30(18-24)26(32)14-21-9-11-29-17-22(21)5-3-13-34-25-6-2-1-4-23(25)16-28(19-27(29)33)15-20-7-8-20/h1-2,4,6,20-22,24,31H,3,5,7-19H2/t21-,22-,24+/m0/s1. The summed E-state index contributed by atoms with van der Waals surface area (Å²) in [6.07, 6.45) is 6.10. The number of nitrogens with zero attached hydrogens (tertiary/aromatic N) is 3. The topological polar surface area (TPSA) is 73.3 Å². The van der Waals surface area contributed by atoms with Crippen LogP contribution in [0.4, 0.5) is 0 Å². The number of carbonyl (C=O) groups is 2. The molecule has 4 aliphatic rings. The van der Waals surface area contributed by atoms with Crippen LogP contribution in [0.1, 0.15) is 50.5 Å². The summed E-state index contributed by atoms with van der Waals surface area (Å²) in [5.41, 5.74) is 1.16. The SMILES string of the molecule is O=C(C[C@@H]1CCN2C[C@@H]1CCCOc1ccccc1CN(CC1CC1)CC2=O)N1CC[C@@H](O)C1. The molecule has 1 aliphatic carbocycles. The monoisotopic (exact) mass is 469 g/mol. The molecule has 0 spiro atoms. The highest BCUT2D eigenvalue weighted by molar-refractivity contribution is 5.79. The average molecular weight is 470 g/mol. The number of rotatable bonds is 4. The summed E-state index contributed by atoms with van der Waals surface area (Å²) in [4.78, 5) is 32.5. The summed E-state index contributed by atoms with van der Waals surface area (Å²) >= 11 is 0. The highest BCUT2D eigenvalue weighted by Gasteiger charge is 2.35. The molecule has 0 radical (unpaired) electrons. The molecule has 3 atom stereocenters. The number of amides is 2. The van der Waals surface area contributed by atoms with E-state index < -0.39 is 0 Å². The van der Waals surface area contributed by atoms with Gasteiger partial charge in [0.1, 0.15) is 5.75 Å². The summed E-state index contributed by atoms with van der Waals surface area (Å²) in [6, 6.07) is 8.23. The lowest BCUT2D eigenvalue weighted by molar-refractivity contribution is -0.136. The van der Waals surface area contributed by atoms with Crippen LogP contribution in [0.15, 0.2) is 24.3 Å². The number of hydrogen-bond donors (Lipinski definition) is 1. The lowest BCUT2D eigenvalue weighted by atomic mass is 9.80. The van der Waals surface area contributed by atoms with Crippen LogP contribution in [0.2, 0.25) is 0 Å². The zero-order chi connectivity index (χ0) is 23.5. The molecule has 3 fully saturated rings. The van der Waals surface area contributed by atoms with E-state index in [1.54, 1.807) is 0 Å². The Bertz CT molecular complexity index is 873. The molecule has 1 saturated carbocycles. The van der Waals surface area contributed by atoms with Gasteiger partial charge in [0.25, 0.3) is 0 Å². The first-order valence-corrected chi connectivity index (χ1v) is 13.2. The van der Waals surface area contributed by atoms with Gasteiger partial charge in [-0.2, -0.15) is 0 Å². The maximum Gasteiger partial charge on any atom is 0.236 e. The number of aliphatic hydroxyl groups excluding tert-OH is 1. The molecule has 2 amide bonds. The van der Waals surface area contributed by atoms with Crippen molar-refractivity contribution in [1.29, 1.82) is 0 Å². The number of carbonyl (C=O) groups excluding carboxylic acids is 2. The molecule has 2 saturated heterocycles. The van der Waals surface area contributed by atoms with E-state index >= 15 is 0 Å². The van der Waals surface area contributed by atoms with Crippen molar-refractivity contribution >= 4 is 11.8 Å². The van der Waals surface area contributed by atoms with Crippen LogP contribution in [-0.2, 0) is 16.1 Å². The van der Waals surface area contributed by atoms with Crippen molar-refractivity contribution in [3.05, 3.63) is 29.8 Å². The fraction of sp³-hybridized carbons (Fsp3) is 0.704. The lowest BCUT2D eigenvalue weighted by Gasteiger charge is -2.39. The van der Waals surface area contributed by atoms with E-state index in [2.05, 4.69) is 21.9 Å². The summed E-state index contributed by atoms with van der Waals surface area (Å²) in [5, 5.41) is 9.82. The highest BCUT2D eigenvalue weighted by atomic mass is 16.5. The zero-order valence-electron chi connectivity index (χ0n) is 20.2. The zero-order valence-corrected chi connectivity index (χ0v) is 20.2. The Labute approximate surface area is 203 Å². The Kier molecular flexibility index (Phi) is 7.40. The van der Waals surface area contributed by atoms with Gasteiger partial charge in [-0.25, -0.2) is 0 Å². The number of para-hydroxylation sites is 1. The van der Waals surface area contributed by atoms with Gasteiger partial charge >= 0.3 is 0 Å². The number of likely N-dealkylation sites (tertiary alicyclic amines) is 1. The van der Waals surface area contributed by atoms with Crippen LogP contribution < -0.4 is 4.74 Å². The number of fused-ring (bicyclic) bond motifs is 3. The van der Waals surface area contributed by atoms with Gasteiger partial charge in [0.05, 0.1) is 19.3 Å². The van der Waals surface area contributed by atoms with Crippen molar-refractivity contribution in [3.63, 3.8) is 0 Å². The smallest absolute Gasteiger partial charge is 0.236 e. The molecule has 0 unspecified atom stereocenters. The van der Waals surface area contributed by atoms with Gasteiger partial charge in [0.15, 0.2) is 0 Å². The number of ether oxygens (including phenoxy) is 1. The van der Waals surface area contributed by atoms with Gasteiger partial charge < -0.3 is 19.6 Å². The molecule has 1 aromatic rings. The summed E-state index contributed by atoms with van der Waals surface area (Å²) in [7, 11) is 0. The molecule has 1 N–H and O–H groups in total. The number of benzene rings is 1. The van der Waals surface area contributed by atoms with E-state index in [0.717, 1.165) is 56.8 Å². The number of aliphatic hydroxyl groups is 1. The second-order valence-electron chi connectivity index (χ2n) is 10.8. The van der Waals surface area contributed by atoms with Crippen molar-refractivity contribution in [2.24, 2.45) is 17.8 Å². The number of β-amino-alcohol motifs (C(OH)–C–C–N with tert-alkyl or cyclic N) is 1. The Morgan fingerprint density at radius 1 is 1.03 bits per heavy atom. The average Bonchev–Trinajstić information content (AvgIpc) is 3.53. The first kappa shape index (κ1) is 23.6. The number of piperidine rings is 1. The van der Waals surface area contributed by atoms with E-state index in [9.17, 15) is 14.7 Å². The Hall–Kier alpha value is -2.12. The van der Waals surface area contributed by atoms with Crippen molar-refractivity contribution in [1.82, 2.24) is 14.7 Å². The highest BCUT2D eigenvalue weighted by Crippen LogP contribution is 2.33. The Morgan fingerprint density at radius 2 is 1.88 bits per heavy atom. The van der Waals surface area contributed by atoms with Crippen molar-refractivity contribution < 1.29 is 19.4 Å². The van der Waals surface area contributed by atoms with Gasteiger partial charge in [0.2, 0.25) is 11.8 Å². The molecular formula is C27H39N3O4. The van der Waals surface area contributed by atoms with E-state index in [4.69, 9.17) is 4.74 Å². The fourth-order valence-corrected chi connectivity index (χ4v) is 5.91. The Balaban J connectivity index is 1.29. The third-order valence-corrected chi connectivity index (χ3v) is 8.11. The van der Waals surface area contributed by atoms with E-state index in [0.29, 0.717) is 50.9 Å². The molecule has 5 rings (SSSR count). The maximum atomic E-state index is 13.4. The quantitative estimate of drug-likeness (QED) is 0.734. The third-order valence-electron chi connectivity index (χ3n) is 8.11. The molecule has 0 aromatic heterocycles. The van der Waals surface area contributed by atoms with Crippen LogP contribution in [0.5, 0.6) is 5.75 Å². The predicted octanol–water partition coefficient (Wildman–Crippen LogP) is 2.52. The second kappa shape index (κ2) is 10.6. The van der Waals surface area contributed by atoms with Crippen LogP contribution >= 0.6 is 0 Å². The number of hydrogen-bond acceptors (Lipinski definition) is 5. The van der Waals surface area contributed by atoms with Gasteiger partial charge in [-0.3, -0.25) is 14.5 Å². The van der Waals surface area contributed by atoms with Gasteiger partial charge in [-0.05, 0) is 62.3 Å². The predicted molar refractivity (Wildman–Crippen MR) is 129 cm³/mol. The third kappa shape index (κ3) is 5.92. The minimum Gasteiger partial charge on any atom is -0.493 e. The fourth-order valence-electron chi connectivity index (χ4n) is 5.91. The first-order chi connectivity index (χ1) is 16.5. The van der Waals surface area contributed by atoms with E-state index in [-0.39, 0.29) is 23.8 Å².